The van der Waals surface area contributed by atoms with Crippen LogP contribution in [0.15, 0.2) is 24.3 Å². The number of aromatic carboxylic acids is 1. The molecular formula is C14H21NO4. The van der Waals surface area contributed by atoms with Gasteiger partial charge in [-0.1, -0.05) is 18.2 Å². The van der Waals surface area contributed by atoms with Crippen molar-refractivity contribution in [3.05, 3.63) is 35.4 Å². The third-order valence-corrected chi connectivity index (χ3v) is 2.91. The largest absolute Gasteiger partial charge is 0.478 e. The average Bonchev–Trinajstić information content (AvgIpc) is 2.36. The summed E-state index contributed by atoms with van der Waals surface area (Å²) in [5.41, 5.74) is 0.123. The van der Waals surface area contributed by atoms with E-state index in [1.165, 1.54) is 0 Å². The number of hydrogen-bond acceptors (Lipinski definition) is 4. The minimum Gasteiger partial charge on any atom is -0.478 e. The zero-order valence-electron chi connectivity index (χ0n) is 11.3. The van der Waals surface area contributed by atoms with Crippen molar-refractivity contribution in [2.75, 3.05) is 20.3 Å². The van der Waals surface area contributed by atoms with Crippen LogP contribution in [-0.2, 0) is 11.3 Å². The maximum absolute atomic E-state index is 11.0. The second-order valence-electron chi connectivity index (χ2n) is 4.81. The van der Waals surface area contributed by atoms with Crippen LogP contribution in [0.2, 0.25) is 0 Å². The molecule has 1 aromatic carbocycles. The fraction of sp³-hybridized carbons (Fsp3) is 0.500. The van der Waals surface area contributed by atoms with Crippen LogP contribution in [-0.4, -0.2) is 42.0 Å². The quantitative estimate of drug-likeness (QED) is 0.661. The van der Waals surface area contributed by atoms with Crippen LogP contribution in [0.3, 0.4) is 0 Å². The van der Waals surface area contributed by atoms with Gasteiger partial charge in [0, 0.05) is 33.2 Å². The van der Waals surface area contributed by atoms with Crippen LogP contribution in [0, 0.1) is 0 Å². The van der Waals surface area contributed by atoms with Crippen molar-refractivity contribution in [2.45, 2.75) is 25.5 Å². The maximum Gasteiger partial charge on any atom is 0.336 e. The predicted molar refractivity (Wildman–Crippen MR) is 72.2 cm³/mol. The Labute approximate surface area is 113 Å². The Morgan fingerprint density at radius 3 is 2.74 bits per heavy atom. The standard InChI is InChI=1S/C14H21NO4/c1-14(18,7-8-19-2)10-15-9-11-5-3-4-6-12(11)13(16)17/h3-6,15,18H,7-10H2,1-2H3,(H,16,17). The van der Waals surface area contributed by atoms with Crippen LogP contribution in [0.1, 0.15) is 29.3 Å². The maximum atomic E-state index is 11.0. The summed E-state index contributed by atoms with van der Waals surface area (Å²) in [7, 11) is 1.59. The van der Waals surface area contributed by atoms with Crippen LogP contribution >= 0.6 is 0 Å². The molecule has 0 aliphatic carbocycles. The summed E-state index contributed by atoms with van der Waals surface area (Å²) in [5, 5.41) is 22.2. The van der Waals surface area contributed by atoms with Crippen LogP contribution in [0.4, 0.5) is 0 Å². The number of nitrogens with one attached hydrogen (secondary N) is 1. The van der Waals surface area contributed by atoms with Gasteiger partial charge in [0.15, 0.2) is 0 Å². The summed E-state index contributed by atoms with van der Waals surface area (Å²) in [4.78, 5) is 11.0. The van der Waals surface area contributed by atoms with E-state index in [9.17, 15) is 9.90 Å². The number of methoxy groups -OCH3 is 1. The third-order valence-electron chi connectivity index (χ3n) is 2.91. The molecule has 106 valence electrons. The smallest absolute Gasteiger partial charge is 0.336 e. The fourth-order valence-electron chi connectivity index (χ4n) is 1.76. The Bertz CT molecular complexity index is 418. The van der Waals surface area contributed by atoms with Gasteiger partial charge < -0.3 is 20.3 Å². The summed E-state index contributed by atoms with van der Waals surface area (Å²) >= 11 is 0. The molecule has 1 atom stereocenters. The van der Waals surface area contributed by atoms with Crippen LogP contribution in [0.5, 0.6) is 0 Å². The lowest BCUT2D eigenvalue weighted by molar-refractivity contribution is 0.0247. The van der Waals surface area contributed by atoms with E-state index in [0.717, 1.165) is 0 Å². The molecule has 0 aliphatic rings. The Balaban J connectivity index is 2.51. The second-order valence-corrected chi connectivity index (χ2v) is 4.81. The van der Waals surface area contributed by atoms with E-state index in [0.29, 0.717) is 31.7 Å². The lowest BCUT2D eigenvalue weighted by Gasteiger charge is -2.23. The number of ether oxygens (including phenoxy) is 1. The summed E-state index contributed by atoms with van der Waals surface area (Å²) in [6.45, 7) is 3.00. The Morgan fingerprint density at radius 1 is 1.42 bits per heavy atom. The molecule has 1 unspecified atom stereocenters. The van der Waals surface area contributed by atoms with Crippen molar-refractivity contribution in [3.8, 4) is 0 Å². The molecule has 0 radical (unpaired) electrons. The van der Waals surface area contributed by atoms with E-state index in [4.69, 9.17) is 9.84 Å². The van der Waals surface area contributed by atoms with Crippen molar-refractivity contribution in [1.29, 1.82) is 0 Å². The first-order chi connectivity index (χ1) is 8.96. The molecule has 1 aromatic rings. The molecule has 0 amide bonds. The van der Waals surface area contributed by atoms with E-state index in [2.05, 4.69) is 5.32 Å². The van der Waals surface area contributed by atoms with Gasteiger partial charge in [0.25, 0.3) is 0 Å². The van der Waals surface area contributed by atoms with Gasteiger partial charge in [-0.3, -0.25) is 0 Å². The van der Waals surface area contributed by atoms with E-state index < -0.39 is 11.6 Å². The highest BCUT2D eigenvalue weighted by Crippen LogP contribution is 2.11. The molecule has 0 heterocycles. The van der Waals surface area contributed by atoms with Gasteiger partial charge in [0.05, 0.1) is 11.2 Å². The highest BCUT2D eigenvalue weighted by Gasteiger charge is 2.19. The Kier molecular flexibility index (Phi) is 5.95. The number of hydrogen-bond donors (Lipinski definition) is 3. The summed E-state index contributed by atoms with van der Waals surface area (Å²) in [5.74, 6) is -0.941. The first kappa shape index (κ1) is 15.6. The van der Waals surface area contributed by atoms with Gasteiger partial charge >= 0.3 is 5.97 Å². The molecule has 0 fully saturated rings. The molecule has 0 saturated carbocycles. The molecule has 0 saturated heterocycles. The summed E-state index contributed by atoms with van der Waals surface area (Å²) in [6, 6.07) is 6.83. The van der Waals surface area contributed by atoms with E-state index in [1.807, 2.05) is 0 Å². The number of aliphatic hydroxyl groups is 1. The van der Waals surface area contributed by atoms with E-state index >= 15 is 0 Å². The van der Waals surface area contributed by atoms with Crippen LogP contribution in [0.25, 0.3) is 0 Å². The lowest BCUT2D eigenvalue weighted by atomic mass is 10.0. The highest BCUT2D eigenvalue weighted by molar-refractivity contribution is 5.89. The topological polar surface area (TPSA) is 78.8 Å². The normalized spacial score (nSPS) is 14.1. The summed E-state index contributed by atoms with van der Waals surface area (Å²) in [6.07, 6.45) is 0.525. The number of carboxylic acid groups (broad SMARTS) is 1. The molecule has 0 aliphatic heterocycles. The monoisotopic (exact) mass is 267 g/mol. The molecule has 5 heteroatoms. The molecular weight excluding hydrogens is 246 g/mol. The molecule has 3 N–H and O–H groups in total. The molecule has 1 rings (SSSR count). The van der Waals surface area contributed by atoms with E-state index in [1.54, 1.807) is 38.3 Å². The Hall–Kier alpha value is -1.43. The van der Waals surface area contributed by atoms with Crippen molar-refractivity contribution >= 4 is 5.97 Å². The molecule has 19 heavy (non-hydrogen) atoms. The third kappa shape index (κ3) is 5.38. The first-order valence-electron chi connectivity index (χ1n) is 6.19. The Morgan fingerprint density at radius 2 is 2.11 bits per heavy atom. The number of benzene rings is 1. The van der Waals surface area contributed by atoms with Gasteiger partial charge in [-0.25, -0.2) is 4.79 Å². The number of carbonyl (C=O) groups is 1. The number of carboxylic acids is 1. The van der Waals surface area contributed by atoms with Gasteiger partial charge in [-0.2, -0.15) is 0 Å². The predicted octanol–water partition coefficient (Wildman–Crippen LogP) is 1.26. The van der Waals surface area contributed by atoms with Gasteiger partial charge in [0.2, 0.25) is 0 Å². The minimum atomic E-state index is -0.941. The SMILES string of the molecule is COCCC(C)(O)CNCc1ccccc1C(=O)O. The van der Waals surface area contributed by atoms with Gasteiger partial charge in [0.1, 0.15) is 0 Å². The van der Waals surface area contributed by atoms with Crippen molar-refractivity contribution < 1.29 is 19.7 Å². The molecule has 0 spiro atoms. The minimum absolute atomic E-state index is 0.284. The zero-order chi connectivity index (χ0) is 14.3. The average molecular weight is 267 g/mol. The van der Waals surface area contributed by atoms with Gasteiger partial charge in [-0.05, 0) is 18.6 Å². The zero-order valence-corrected chi connectivity index (χ0v) is 11.3. The summed E-state index contributed by atoms with van der Waals surface area (Å²) < 4.78 is 4.93. The highest BCUT2D eigenvalue weighted by atomic mass is 16.5. The van der Waals surface area contributed by atoms with E-state index in [-0.39, 0.29) is 5.56 Å². The van der Waals surface area contributed by atoms with Crippen molar-refractivity contribution in [3.63, 3.8) is 0 Å². The van der Waals surface area contributed by atoms with Crippen molar-refractivity contribution in [1.82, 2.24) is 5.32 Å². The lowest BCUT2D eigenvalue weighted by Crippen LogP contribution is -2.38. The fourth-order valence-corrected chi connectivity index (χ4v) is 1.76. The molecule has 0 bridgehead atoms. The van der Waals surface area contributed by atoms with Crippen LogP contribution < -0.4 is 5.32 Å². The second kappa shape index (κ2) is 7.23. The number of rotatable bonds is 8. The first-order valence-corrected chi connectivity index (χ1v) is 6.19. The van der Waals surface area contributed by atoms with Gasteiger partial charge in [-0.15, -0.1) is 0 Å². The van der Waals surface area contributed by atoms with Crippen molar-refractivity contribution in [2.24, 2.45) is 0 Å². The molecule has 5 nitrogen and oxygen atoms in total. The molecule has 0 aromatic heterocycles.